The van der Waals surface area contributed by atoms with Gasteiger partial charge in [0.15, 0.2) is 0 Å². The molecule has 3 rings (SSSR count). The van der Waals surface area contributed by atoms with Gasteiger partial charge >= 0.3 is 0 Å². The van der Waals surface area contributed by atoms with Gasteiger partial charge in [-0.25, -0.2) is 0 Å². The molecule has 0 radical (unpaired) electrons. The number of aryl methyl sites for hydroxylation is 2. The van der Waals surface area contributed by atoms with Gasteiger partial charge in [-0.3, -0.25) is 0 Å². The zero-order chi connectivity index (χ0) is 15.4. The molecule has 3 heteroatoms. The van der Waals surface area contributed by atoms with Crippen LogP contribution in [0.15, 0.2) is 22.6 Å². The second-order valence-electron chi connectivity index (χ2n) is 6.54. The molecule has 1 aliphatic heterocycles. The maximum atomic E-state index is 5.77. The number of rotatable bonds is 2. The van der Waals surface area contributed by atoms with Crippen LogP contribution in [0.3, 0.4) is 0 Å². The van der Waals surface area contributed by atoms with Crippen LogP contribution in [0.1, 0.15) is 52.4 Å². The number of alkyl halides is 1. The van der Waals surface area contributed by atoms with E-state index in [1.165, 1.54) is 22.3 Å². The summed E-state index contributed by atoms with van der Waals surface area (Å²) >= 11 is 3.85. The molecule has 0 spiro atoms. The molecule has 2 aromatic rings. The Kier molecular flexibility index (Phi) is 3.44. The molecule has 0 saturated carbocycles. The van der Waals surface area contributed by atoms with Crippen LogP contribution in [0, 0.1) is 20.8 Å². The summed E-state index contributed by atoms with van der Waals surface area (Å²) in [6.07, 6.45) is 0. The number of benzene rings is 1. The monoisotopic (exact) mass is 348 g/mol. The molecule has 2 heterocycles. The molecule has 0 amide bonds. The van der Waals surface area contributed by atoms with Crippen molar-refractivity contribution in [2.24, 2.45) is 0 Å². The number of halogens is 1. The van der Waals surface area contributed by atoms with Crippen molar-refractivity contribution in [3.8, 4) is 5.75 Å². The molecule has 21 heavy (non-hydrogen) atoms. The molecule has 2 nitrogen and oxygen atoms in total. The molecule has 0 fully saturated rings. The van der Waals surface area contributed by atoms with Crippen LogP contribution in [0.25, 0.3) is 0 Å². The lowest BCUT2D eigenvalue weighted by Gasteiger charge is -2.18. The number of hydrogen-bond acceptors (Lipinski definition) is 2. The highest BCUT2D eigenvalue weighted by molar-refractivity contribution is 9.09. The highest BCUT2D eigenvalue weighted by Crippen LogP contribution is 2.43. The van der Waals surface area contributed by atoms with Gasteiger partial charge in [0.1, 0.15) is 17.3 Å². The van der Waals surface area contributed by atoms with Gasteiger partial charge in [-0.05, 0) is 44.0 Å². The summed E-state index contributed by atoms with van der Waals surface area (Å²) in [5.41, 5.74) is 5.09. The fraction of sp³-hybridized carbons (Fsp3) is 0.444. The molecular weight excluding hydrogens is 328 g/mol. The third-order valence-electron chi connectivity index (χ3n) is 4.48. The van der Waals surface area contributed by atoms with E-state index in [0.29, 0.717) is 0 Å². The summed E-state index contributed by atoms with van der Waals surface area (Å²) in [5.74, 6) is 3.00. The maximum Gasteiger partial charge on any atom is 0.123 e. The van der Waals surface area contributed by atoms with Crippen molar-refractivity contribution in [2.45, 2.75) is 44.9 Å². The predicted octanol–water partition coefficient (Wildman–Crippen LogP) is 5.36. The number of furan rings is 1. The van der Waals surface area contributed by atoms with Crippen molar-refractivity contribution in [3.05, 3.63) is 52.0 Å². The Balaban J connectivity index is 2.05. The van der Waals surface area contributed by atoms with E-state index in [9.17, 15) is 0 Å². The number of ether oxygens (including phenoxy) is 1. The van der Waals surface area contributed by atoms with E-state index < -0.39 is 0 Å². The Hall–Kier alpha value is -1.22. The summed E-state index contributed by atoms with van der Waals surface area (Å²) in [7, 11) is 0. The van der Waals surface area contributed by atoms with Gasteiger partial charge < -0.3 is 9.15 Å². The SMILES string of the molecule is Cc1oc(C)c(C(Br)c2ccc3c(c2)C(C)(C)CO3)c1C. The first-order valence-electron chi connectivity index (χ1n) is 7.29. The molecular formula is C18H21BrO2. The Morgan fingerprint density at radius 3 is 2.48 bits per heavy atom. The maximum absolute atomic E-state index is 5.77. The van der Waals surface area contributed by atoms with E-state index in [1.807, 2.05) is 13.8 Å². The van der Waals surface area contributed by atoms with Gasteiger partial charge in [0.2, 0.25) is 0 Å². The average molecular weight is 349 g/mol. The second kappa shape index (κ2) is 4.91. The smallest absolute Gasteiger partial charge is 0.123 e. The lowest BCUT2D eigenvalue weighted by molar-refractivity contribution is 0.291. The average Bonchev–Trinajstić information content (AvgIpc) is 2.86. The zero-order valence-corrected chi connectivity index (χ0v) is 14.8. The van der Waals surface area contributed by atoms with E-state index in [1.54, 1.807) is 0 Å². The lowest BCUT2D eigenvalue weighted by atomic mass is 9.85. The highest BCUT2D eigenvalue weighted by Gasteiger charge is 2.32. The Labute approximate surface area is 134 Å². The normalized spacial score (nSPS) is 17.4. The summed E-state index contributed by atoms with van der Waals surface area (Å²) in [6, 6.07) is 6.50. The summed E-state index contributed by atoms with van der Waals surface area (Å²) in [5, 5.41) is 0. The van der Waals surface area contributed by atoms with E-state index in [0.717, 1.165) is 23.9 Å². The van der Waals surface area contributed by atoms with Crippen LogP contribution in [0.4, 0.5) is 0 Å². The van der Waals surface area contributed by atoms with E-state index >= 15 is 0 Å². The molecule has 0 aliphatic carbocycles. The van der Waals surface area contributed by atoms with Gasteiger partial charge in [0.25, 0.3) is 0 Å². The highest BCUT2D eigenvalue weighted by atomic mass is 79.9. The Morgan fingerprint density at radius 2 is 1.86 bits per heavy atom. The molecule has 1 unspecified atom stereocenters. The van der Waals surface area contributed by atoms with Crippen LogP contribution in [0.2, 0.25) is 0 Å². The van der Waals surface area contributed by atoms with Crippen molar-refractivity contribution in [2.75, 3.05) is 6.61 Å². The third-order valence-corrected chi connectivity index (χ3v) is 5.47. The van der Waals surface area contributed by atoms with Crippen molar-refractivity contribution in [1.82, 2.24) is 0 Å². The zero-order valence-electron chi connectivity index (χ0n) is 13.2. The van der Waals surface area contributed by atoms with Gasteiger partial charge in [-0.15, -0.1) is 0 Å². The minimum atomic E-state index is 0.0778. The van der Waals surface area contributed by atoms with E-state index in [2.05, 4.69) is 54.9 Å². The van der Waals surface area contributed by atoms with Crippen molar-refractivity contribution in [3.63, 3.8) is 0 Å². The summed E-state index contributed by atoms with van der Waals surface area (Å²) < 4.78 is 11.5. The molecule has 1 aromatic carbocycles. The fourth-order valence-corrected chi connectivity index (χ4v) is 4.00. The molecule has 1 aliphatic rings. The van der Waals surface area contributed by atoms with Gasteiger partial charge in [0, 0.05) is 16.5 Å². The van der Waals surface area contributed by atoms with Crippen molar-refractivity contribution < 1.29 is 9.15 Å². The third kappa shape index (κ3) is 2.32. The first kappa shape index (κ1) is 14.7. The molecule has 0 N–H and O–H groups in total. The Bertz CT molecular complexity index is 697. The fourth-order valence-electron chi connectivity index (χ4n) is 3.05. The van der Waals surface area contributed by atoms with Gasteiger partial charge in [-0.2, -0.15) is 0 Å². The molecule has 1 atom stereocenters. The number of hydrogen-bond donors (Lipinski definition) is 0. The molecule has 0 saturated heterocycles. The van der Waals surface area contributed by atoms with Gasteiger partial charge in [0.05, 0.1) is 11.4 Å². The first-order chi connectivity index (χ1) is 9.81. The van der Waals surface area contributed by atoms with Crippen LogP contribution in [-0.4, -0.2) is 6.61 Å². The number of fused-ring (bicyclic) bond motifs is 1. The topological polar surface area (TPSA) is 22.4 Å². The molecule has 112 valence electrons. The van der Waals surface area contributed by atoms with E-state index in [-0.39, 0.29) is 10.2 Å². The van der Waals surface area contributed by atoms with Crippen LogP contribution in [-0.2, 0) is 5.41 Å². The first-order valence-corrected chi connectivity index (χ1v) is 8.20. The van der Waals surface area contributed by atoms with Crippen molar-refractivity contribution >= 4 is 15.9 Å². The van der Waals surface area contributed by atoms with Crippen molar-refractivity contribution in [1.29, 1.82) is 0 Å². The lowest BCUT2D eigenvalue weighted by Crippen LogP contribution is -2.18. The van der Waals surface area contributed by atoms with Gasteiger partial charge in [-0.1, -0.05) is 35.8 Å². The molecule has 0 bridgehead atoms. The molecule has 1 aromatic heterocycles. The summed E-state index contributed by atoms with van der Waals surface area (Å²) in [4.78, 5) is 0.150. The van der Waals surface area contributed by atoms with Crippen LogP contribution < -0.4 is 4.74 Å². The minimum Gasteiger partial charge on any atom is -0.492 e. The quantitative estimate of drug-likeness (QED) is 0.681. The van der Waals surface area contributed by atoms with Crippen LogP contribution in [0.5, 0.6) is 5.75 Å². The summed E-state index contributed by atoms with van der Waals surface area (Å²) in [6.45, 7) is 11.4. The standard InChI is InChI=1S/C18H21BrO2/c1-10-11(2)21-12(3)16(10)17(19)13-6-7-15-14(8-13)18(4,5)9-20-15/h6-8,17H,9H2,1-5H3. The largest absolute Gasteiger partial charge is 0.492 e. The van der Waals surface area contributed by atoms with E-state index in [4.69, 9.17) is 9.15 Å². The minimum absolute atomic E-state index is 0.0778. The Morgan fingerprint density at radius 1 is 1.14 bits per heavy atom. The second-order valence-corrected chi connectivity index (χ2v) is 7.46. The predicted molar refractivity (Wildman–Crippen MR) is 88.7 cm³/mol. The van der Waals surface area contributed by atoms with Crippen LogP contribution >= 0.6 is 15.9 Å².